The minimum Gasteiger partial charge on any atom is -0.268 e. The number of allylic oxidation sites excluding steroid dienone is 4. The number of imidazole rings is 1. The Morgan fingerprint density at radius 1 is 0.794 bits per heavy atom. The van der Waals surface area contributed by atoms with Crippen LogP contribution in [0.2, 0.25) is 0 Å². The number of pyridine rings is 1. The highest BCUT2D eigenvalue weighted by Crippen LogP contribution is 2.37. The summed E-state index contributed by atoms with van der Waals surface area (Å²) in [6.07, 6.45) is 8.67. The van der Waals surface area contributed by atoms with Crippen LogP contribution in [-0.2, 0) is 0 Å². The van der Waals surface area contributed by atoms with Crippen molar-refractivity contribution in [2.24, 2.45) is 5.92 Å². The standard InChI is InChI=1S/C31H22N2O/c1-19-8-5-6-11-22(19)21-14-17-27-28(18-21)33-30(32-27)25-16-15-23(20-9-3-2-4-10-20)24-12-7-13-26(29(24)25)31(33)34/h2-19,22H,1H3. The predicted molar refractivity (Wildman–Crippen MR) is 141 cm³/mol. The van der Waals surface area contributed by atoms with Gasteiger partial charge >= 0.3 is 0 Å². The summed E-state index contributed by atoms with van der Waals surface area (Å²) in [5.41, 5.74) is 5.93. The Kier molecular flexibility index (Phi) is 4.04. The van der Waals surface area contributed by atoms with E-state index in [4.69, 9.17) is 4.98 Å². The van der Waals surface area contributed by atoms with Crippen molar-refractivity contribution in [1.29, 1.82) is 0 Å². The maximum absolute atomic E-state index is 13.9. The zero-order valence-corrected chi connectivity index (χ0v) is 18.8. The van der Waals surface area contributed by atoms with Crippen LogP contribution in [0, 0.1) is 5.92 Å². The fourth-order valence-corrected chi connectivity index (χ4v) is 5.58. The third kappa shape index (κ3) is 2.64. The summed E-state index contributed by atoms with van der Waals surface area (Å²) in [6.45, 7) is 2.23. The molecule has 2 atom stereocenters. The highest BCUT2D eigenvalue weighted by atomic mass is 16.1. The van der Waals surface area contributed by atoms with Crippen LogP contribution in [0.15, 0.2) is 108 Å². The summed E-state index contributed by atoms with van der Waals surface area (Å²) in [6, 6.07) is 27.0. The molecule has 0 amide bonds. The molecule has 0 fully saturated rings. The van der Waals surface area contributed by atoms with Crippen molar-refractivity contribution in [1.82, 2.24) is 9.38 Å². The molecule has 0 spiro atoms. The summed E-state index contributed by atoms with van der Waals surface area (Å²) in [7, 11) is 0. The first-order chi connectivity index (χ1) is 16.7. The number of nitrogens with zero attached hydrogens (tertiary/aromatic N) is 2. The van der Waals surface area contributed by atoms with Gasteiger partial charge in [0.05, 0.1) is 11.0 Å². The minimum atomic E-state index is -0.00917. The van der Waals surface area contributed by atoms with Gasteiger partial charge in [0.2, 0.25) is 0 Å². The topological polar surface area (TPSA) is 34.4 Å². The highest BCUT2D eigenvalue weighted by molar-refractivity contribution is 6.19. The van der Waals surface area contributed by atoms with Crippen molar-refractivity contribution >= 4 is 38.2 Å². The molecule has 2 aromatic heterocycles. The van der Waals surface area contributed by atoms with E-state index in [0.29, 0.717) is 11.8 Å². The summed E-state index contributed by atoms with van der Waals surface area (Å²) in [4.78, 5) is 18.8. The molecule has 7 rings (SSSR count). The minimum absolute atomic E-state index is 0.00917. The molecule has 0 bridgehead atoms. The van der Waals surface area contributed by atoms with Crippen LogP contribution in [0.25, 0.3) is 49.4 Å². The van der Waals surface area contributed by atoms with Gasteiger partial charge in [-0.25, -0.2) is 4.98 Å². The summed E-state index contributed by atoms with van der Waals surface area (Å²) >= 11 is 0. The van der Waals surface area contributed by atoms with Gasteiger partial charge in [-0.3, -0.25) is 9.20 Å². The van der Waals surface area contributed by atoms with Crippen LogP contribution in [0.1, 0.15) is 18.4 Å². The average molecular weight is 439 g/mol. The van der Waals surface area contributed by atoms with Gasteiger partial charge in [-0.15, -0.1) is 0 Å². The van der Waals surface area contributed by atoms with Gasteiger partial charge in [-0.05, 0) is 52.3 Å². The van der Waals surface area contributed by atoms with Crippen LogP contribution in [0.3, 0.4) is 0 Å². The summed E-state index contributed by atoms with van der Waals surface area (Å²) in [5, 5.41) is 3.82. The zero-order chi connectivity index (χ0) is 22.8. The predicted octanol–water partition coefficient (Wildman–Crippen LogP) is 7.10. The van der Waals surface area contributed by atoms with E-state index in [1.165, 1.54) is 5.56 Å². The normalized spacial score (nSPS) is 18.0. The molecule has 162 valence electrons. The third-order valence-electron chi connectivity index (χ3n) is 7.27. The molecule has 2 unspecified atom stereocenters. The SMILES string of the molecule is CC1C=CC=CC1c1ccc2nc3c4ccc(-c5ccccc5)c5cccc(c(=O)n3c2c1)c54. The molecule has 3 heteroatoms. The van der Waals surface area contributed by atoms with Crippen LogP contribution >= 0.6 is 0 Å². The highest BCUT2D eigenvalue weighted by Gasteiger charge is 2.21. The quantitative estimate of drug-likeness (QED) is 0.289. The van der Waals surface area contributed by atoms with Crippen LogP contribution in [0.4, 0.5) is 0 Å². The molecule has 1 aliphatic rings. The zero-order valence-electron chi connectivity index (χ0n) is 18.8. The van der Waals surface area contributed by atoms with Gasteiger partial charge in [0.15, 0.2) is 0 Å². The van der Waals surface area contributed by atoms with Crippen LogP contribution in [0.5, 0.6) is 0 Å². The Morgan fingerprint density at radius 3 is 2.47 bits per heavy atom. The third-order valence-corrected chi connectivity index (χ3v) is 7.27. The Bertz CT molecular complexity index is 1840. The van der Waals surface area contributed by atoms with E-state index >= 15 is 0 Å². The largest absolute Gasteiger partial charge is 0.268 e. The number of hydrogen-bond donors (Lipinski definition) is 0. The maximum Gasteiger partial charge on any atom is 0.264 e. The van der Waals surface area contributed by atoms with E-state index in [-0.39, 0.29) is 5.56 Å². The van der Waals surface area contributed by atoms with Gasteiger partial charge < -0.3 is 0 Å². The van der Waals surface area contributed by atoms with Gasteiger partial charge in [0, 0.05) is 22.1 Å². The lowest BCUT2D eigenvalue weighted by molar-refractivity contribution is 0.636. The van der Waals surface area contributed by atoms with E-state index in [1.807, 2.05) is 34.7 Å². The van der Waals surface area contributed by atoms with Crippen molar-refractivity contribution in [3.8, 4) is 11.1 Å². The lowest BCUT2D eigenvalue weighted by atomic mass is 9.84. The summed E-state index contributed by atoms with van der Waals surface area (Å²) in [5.74, 6) is 0.705. The number of hydrogen-bond acceptors (Lipinski definition) is 2. The van der Waals surface area contributed by atoms with Gasteiger partial charge in [0.25, 0.3) is 5.56 Å². The second-order valence-electron chi connectivity index (χ2n) is 9.23. The van der Waals surface area contributed by atoms with E-state index < -0.39 is 0 Å². The van der Waals surface area contributed by atoms with Crippen molar-refractivity contribution in [2.75, 3.05) is 0 Å². The fourth-order valence-electron chi connectivity index (χ4n) is 5.58. The van der Waals surface area contributed by atoms with Crippen LogP contribution < -0.4 is 5.56 Å². The van der Waals surface area contributed by atoms with E-state index in [2.05, 4.69) is 79.8 Å². The molecule has 0 N–H and O–H groups in total. The molecule has 0 aliphatic heterocycles. The molecule has 1 aliphatic carbocycles. The van der Waals surface area contributed by atoms with Gasteiger partial charge in [-0.1, -0.05) is 85.8 Å². The van der Waals surface area contributed by atoms with Crippen molar-refractivity contribution in [3.05, 3.63) is 119 Å². The number of rotatable bonds is 2. The first-order valence-corrected chi connectivity index (χ1v) is 11.7. The molecular weight excluding hydrogens is 416 g/mol. The van der Waals surface area contributed by atoms with E-state index in [9.17, 15) is 4.79 Å². The Hall–Kier alpha value is -4.24. The summed E-state index contributed by atoms with van der Waals surface area (Å²) < 4.78 is 1.81. The monoisotopic (exact) mass is 438 g/mol. The lowest BCUT2D eigenvalue weighted by Gasteiger charge is -2.20. The van der Waals surface area contributed by atoms with Crippen molar-refractivity contribution in [2.45, 2.75) is 12.8 Å². The molecule has 0 saturated heterocycles. The van der Waals surface area contributed by atoms with E-state index in [1.54, 1.807) is 0 Å². The lowest BCUT2D eigenvalue weighted by Crippen LogP contribution is -2.13. The second kappa shape index (κ2) is 7.13. The Balaban J connectivity index is 1.56. The molecule has 0 radical (unpaired) electrons. The number of benzene rings is 4. The molecule has 0 saturated carbocycles. The fraction of sp³-hybridized carbons (Fsp3) is 0.0968. The molecule has 3 nitrogen and oxygen atoms in total. The Morgan fingerprint density at radius 2 is 1.62 bits per heavy atom. The first-order valence-electron chi connectivity index (χ1n) is 11.7. The van der Waals surface area contributed by atoms with E-state index in [0.717, 1.165) is 49.4 Å². The average Bonchev–Trinajstić information content (AvgIpc) is 3.27. The van der Waals surface area contributed by atoms with Crippen molar-refractivity contribution in [3.63, 3.8) is 0 Å². The maximum atomic E-state index is 13.9. The molecule has 6 aromatic rings. The second-order valence-corrected chi connectivity index (χ2v) is 9.23. The van der Waals surface area contributed by atoms with Crippen LogP contribution in [-0.4, -0.2) is 9.38 Å². The molecule has 4 aromatic carbocycles. The van der Waals surface area contributed by atoms with Gasteiger partial charge in [0.1, 0.15) is 5.65 Å². The number of aromatic nitrogens is 2. The van der Waals surface area contributed by atoms with Gasteiger partial charge in [-0.2, -0.15) is 0 Å². The smallest absolute Gasteiger partial charge is 0.264 e. The molecule has 2 heterocycles. The van der Waals surface area contributed by atoms with Crippen molar-refractivity contribution < 1.29 is 0 Å². The molecular formula is C31H22N2O. The number of fused-ring (bicyclic) bond motifs is 4. The first kappa shape index (κ1) is 19.2. The molecule has 34 heavy (non-hydrogen) atoms. The Labute approximate surface area is 196 Å².